The summed E-state index contributed by atoms with van der Waals surface area (Å²) >= 11 is 2.52. The molecule has 0 saturated heterocycles. The number of tetrazole rings is 1. The highest BCUT2D eigenvalue weighted by Gasteiger charge is 2.20. The van der Waals surface area contributed by atoms with Crippen molar-refractivity contribution in [2.45, 2.75) is 23.1 Å². The van der Waals surface area contributed by atoms with Crippen LogP contribution in [0.3, 0.4) is 0 Å². The fraction of sp³-hybridized carbons (Fsp3) is 0.105. The van der Waals surface area contributed by atoms with Crippen molar-refractivity contribution in [3.63, 3.8) is 0 Å². The highest BCUT2D eigenvalue weighted by Crippen LogP contribution is 2.37. The summed E-state index contributed by atoms with van der Waals surface area (Å²) in [5.41, 5.74) is 0.925. The van der Waals surface area contributed by atoms with Gasteiger partial charge in [-0.25, -0.2) is 9.37 Å². The van der Waals surface area contributed by atoms with Gasteiger partial charge in [-0.3, -0.25) is 14.9 Å². The number of nitrogens with zero attached hydrogens (tertiary/aromatic N) is 6. The van der Waals surface area contributed by atoms with Gasteiger partial charge >= 0.3 is 0 Å². The first-order valence-electron chi connectivity index (χ1n) is 9.06. The minimum absolute atomic E-state index is 0.0137. The van der Waals surface area contributed by atoms with E-state index in [-0.39, 0.29) is 16.9 Å². The van der Waals surface area contributed by atoms with E-state index in [1.54, 1.807) is 6.92 Å². The number of hydrogen-bond donors (Lipinski definition) is 1. The molecule has 32 heavy (non-hydrogen) atoms. The van der Waals surface area contributed by atoms with Crippen LogP contribution in [0.1, 0.15) is 21.9 Å². The Morgan fingerprint density at radius 3 is 2.72 bits per heavy atom. The monoisotopic (exact) mass is 471 g/mol. The van der Waals surface area contributed by atoms with Crippen molar-refractivity contribution in [1.29, 1.82) is 0 Å². The van der Waals surface area contributed by atoms with Gasteiger partial charge in [0.25, 0.3) is 11.6 Å². The molecule has 0 spiro atoms. The molecule has 0 saturated carbocycles. The van der Waals surface area contributed by atoms with Crippen LogP contribution >= 0.6 is 23.1 Å². The first-order valence-corrected chi connectivity index (χ1v) is 10.8. The van der Waals surface area contributed by atoms with Crippen LogP contribution in [0.25, 0.3) is 5.69 Å². The lowest BCUT2D eigenvalue weighted by Gasteiger charge is -2.10. The van der Waals surface area contributed by atoms with E-state index < -0.39 is 16.6 Å². The lowest BCUT2D eigenvalue weighted by atomic mass is 10.1. The molecular weight excluding hydrogens is 457 g/mol. The number of nitro groups is 1. The summed E-state index contributed by atoms with van der Waals surface area (Å²) in [5.74, 6) is -0.888. The van der Waals surface area contributed by atoms with Gasteiger partial charge in [0.15, 0.2) is 10.2 Å². The Bertz CT molecular complexity index is 1340. The van der Waals surface area contributed by atoms with Crippen LogP contribution in [-0.2, 0) is 0 Å². The maximum Gasteiger partial charge on any atom is 0.284 e. The maximum atomic E-state index is 14.3. The van der Waals surface area contributed by atoms with Gasteiger partial charge in [-0.15, -0.1) is 16.4 Å². The van der Waals surface area contributed by atoms with Crippen molar-refractivity contribution in [3.8, 4) is 5.69 Å². The Kier molecular flexibility index (Phi) is 5.92. The maximum absolute atomic E-state index is 14.3. The molecule has 0 bridgehead atoms. The van der Waals surface area contributed by atoms with E-state index in [1.807, 2.05) is 12.3 Å². The van der Waals surface area contributed by atoms with E-state index >= 15 is 0 Å². The molecule has 0 aliphatic heterocycles. The van der Waals surface area contributed by atoms with Crippen molar-refractivity contribution in [3.05, 3.63) is 74.8 Å². The second kappa shape index (κ2) is 8.80. The summed E-state index contributed by atoms with van der Waals surface area (Å²) in [6.07, 6.45) is 0. The minimum atomic E-state index is -0.695. The van der Waals surface area contributed by atoms with Crippen LogP contribution in [0.15, 0.2) is 51.0 Å². The number of nitrogens with one attached hydrogen (secondary N) is 1. The third-order valence-corrected chi connectivity index (χ3v) is 6.40. The number of benzene rings is 2. The van der Waals surface area contributed by atoms with E-state index in [4.69, 9.17) is 0 Å². The second-order valence-corrected chi connectivity index (χ2v) is 8.70. The molecule has 1 N–H and O–H groups in total. The summed E-state index contributed by atoms with van der Waals surface area (Å²) in [5, 5.41) is 27.0. The molecule has 0 radical (unpaired) electrons. The number of hydrogen-bond acceptors (Lipinski definition) is 9. The number of carbonyl (C=O) groups is 1. The van der Waals surface area contributed by atoms with Crippen LogP contribution in [0, 0.1) is 29.8 Å². The Hall–Kier alpha value is -3.71. The number of aryl methyl sites for hydroxylation is 2. The highest BCUT2D eigenvalue weighted by molar-refractivity contribution is 8.01. The molecule has 4 aromatic rings. The number of aromatic nitrogens is 5. The number of nitro benzene ring substituents is 1. The zero-order valence-electron chi connectivity index (χ0n) is 16.6. The van der Waals surface area contributed by atoms with Crippen molar-refractivity contribution < 1.29 is 14.1 Å². The third-order valence-electron chi connectivity index (χ3n) is 4.28. The smallest absolute Gasteiger partial charge is 0.284 e. The Balaban J connectivity index is 1.60. The number of rotatable bonds is 6. The van der Waals surface area contributed by atoms with Gasteiger partial charge in [0.2, 0.25) is 0 Å². The van der Waals surface area contributed by atoms with E-state index in [0.717, 1.165) is 23.5 Å². The van der Waals surface area contributed by atoms with E-state index in [9.17, 15) is 19.3 Å². The fourth-order valence-electron chi connectivity index (χ4n) is 2.77. The first kappa shape index (κ1) is 21.5. The Morgan fingerprint density at radius 2 is 2.06 bits per heavy atom. The number of thiazole rings is 1. The van der Waals surface area contributed by atoms with Gasteiger partial charge in [-0.1, -0.05) is 11.8 Å². The molecule has 0 aliphatic carbocycles. The van der Waals surface area contributed by atoms with Crippen molar-refractivity contribution >= 4 is 40.4 Å². The molecule has 1 amide bonds. The van der Waals surface area contributed by atoms with Crippen LogP contribution in [0.2, 0.25) is 0 Å². The zero-order valence-corrected chi connectivity index (χ0v) is 18.3. The van der Waals surface area contributed by atoms with Gasteiger partial charge in [-0.05, 0) is 54.6 Å². The minimum Gasteiger partial charge on any atom is -0.319 e. The van der Waals surface area contributed by atoms with E-state index in [0.29, 0.717) is 20.7 Å². The zero-order chi connectivity index (χ0) is 22.8. The standard InChI is InChI=1S/C19H14FN7O3S2/c1-10-9-31-19(21-10)32-17-6-3-12(7-16(17)27(29)30)18(28)22-15-8-13(4-5-14(15)20)26-11(2)23-24-25-26/h3-9H,1-2H3,(H,22,28). The highest BCUT2D eigenvalue weighted by atomic mass is 32.2. The predicted octanol–water partition coefficient (Wildman–Crippen LogP) is 4.19. The second-order valence-electron chi connectivity index (χ2n) is 6.55. The van der Waals surface area contributed by atoms with Crippen LogP contribution in [-0.4, -0.2) is 36.0 Å². The summed E-state index contributed by atoms with van der Waals surface area (Å²) in [4.78, 5) is 28.4. The molecule has 0 atom stereocenters. The molecular formula is C19H14FN7O3S2. The lowest BCUT2D eigenvalue weighted by molar-refractivity contribution is -0.387. The number of carbonyl (C=O) groups excluding carboxylic acids is 1. The van der Waals surface area contributed by atoms with Crippen molar-refractivity contribution in [2.24, 2.45) is 0 Å². The first-order chi connectivity index (χ1) is 15.3. The van der Waals surface area contributed by atoms with Crippen molar-refractivity contribution in [1.82, 2.24) is 25.2 Å². The molecule has 0 aliphatic rings. The Labute approximate surface area is 188 Å². The van der Waals surface area contributed by atoms with Gasteiger partial charge in [0.1, 0.15) is 5.82 Å². The molecule has 13 heteroatoms. The van der Waals surface area contributed by atoms with Crippen molar-refractivity contribution in [2.75, 3.05) is 5.32 Å². The normalized spacial score (nSPS) is 10.8. The lowest BCUT2D eigenvalue weighted by Crippen LogP contribution is -2.14. The average molecular weight is 471 g/mol. The molecule has 0 fully saturated rings. The predicted molar refractivity (Wildman–Crippen MR) is 116 cm³/mol. The average Bonchev–Trinajstić information content (AvgIpc) is 3.37. The van der Waals surface area contributed by atoms with Gasteiger partial charge in [0, 0.05) is 22.7 Å². The van der Waals surface area contributed by atoms with Gasteiger partial charge in [-0.2, -0.15) is 4.68 Å². The molecule has 2 aromatic carbocycles. The van der Waals surface area contributed by atoms with Gasteiger partial charge < -0.3 is 5.32 Å². The van der Waals surface area contributed by atoms with Crippen LogP contribution < -0.4 is 5.32 Å². The van der Waals surface area contributed by atoms with E-state index in [1.165, 1.54) is 46.4 Å². The SMILES string of the molecule is Cc1csc(Sc2ccc(C(=O)Nc3cc(-n4nnnc4C)ccc3F)cc2[N+](=O)[O-])n1. The quantitative estimate of drug-likeness (QED) is 0.327. The molecule has 0 unspecified atom stereocenters. The van der Waals surface area contributed by atoms with Gasteiger partial charge in [0.05, 0.1) is 21.2 Å². The number of halogens is 1. The number of anilines is 1. The molecule has 10 nitrogen and oxygen atoms in total. The molecule has 162 valence electrons. The summed E-state index contributed by atoms with van der Waals surface area (Å²) in [6, 6.07) is 8.09. The van der Waals surface area contributed by atoms with Crippen LogP contribution in [0.5, 0.6) is 0 Å². The Morgan fingerprint density at radius 1 is 1.25 bits per heavy atom. The van der Waals surface area contributed by atoms with Crippen LogP contribution in [0.4, 0.5) is 15.8 Å². The molecule has 2 aromatic heterocycles. The summed E-state index contributed by atoms with van der Waals surface area (Å²) < 4.78 is 16.3. The molecule has 2 heterocycles. The van der Waals surface area contributed by atoms with E-state index in [2.05, 4.69) is 25.8 Å². The molecule has 4 rings (SSSR count). The topological polar surface area (TPSA) is 129 Å². The summed E-state index contributed by atoms with van der Waals surface area (Å²) in [7, 11) is 0. The largest absolute Gasteiger partial charge is 0.319 e. The summed E-state index contributed by atoms with van der Waals surface area (Å²) in [6.45, 7) is 3.50. The third kappa shape index (κ3) is 4.48. The number of amides is 1. The fourth-order valence-corrected chi connectivity index (χ4v) is 4.65.